The van der Waals surface area contributed by atoms with Gasteiger partial charge < -0.3 is 15.0 Å². The molecule has 1 saturated carbocycles. The molecule has 150 valence electrons. The predicted octanol–water partition coefficient (Wildman–Crippen LogP) is 4.86. The predicted molar refractivity (Wildman–Crippen MR) is 111 cm³/mol. The molecule has 1 aromatic heterocycles. The number of amides is 2. The zero-order valence-corrected chi connectivity index (χ0v) is 17.3. The second-order valence-corrected chi connectivity index (χ2v) is 7.92. The maximum atomic E-state index is 13.2. The molecule has 2 aromatic rings. The molecule has 2 amide bonds. The number of esters is 1. The Hall–Kier alpha value is -2.41. The highest BCUT2D eigenvalue weighted by atomic mass is 32.1. The van der Waals surface area contributed by atoms with Gasteiger partial charge >= 0.3 is 12.0 Å². The Labute approximate surface area is 169 Å². The molecule has 1 heterocycles. The number of methoxy groups -OCH3 is 1. The monoisotopic (exact) mass is 401 g/mol. The number of hydrogen-bond acceptors (Lipinski definition) is 5. The number of benzene rings is 1. The number of nitrogens with one attached hydrogen (secondary N) is 1. The Bertz CT molecular complexity index is 815. The van der Waals surface area contributed by atoms with Crippen molar-refractivity contribution in [2.75, 3.05) is 12.4 Å². The first-order valence-corrected chi connectivity index (χ1v) is 10.7. The van der Waals surface area contributed by atoms with Gasteiger partial charge in [-0.2, -0.15) is 0 Å². The van der Waals surface area contributed by atoms with E-state index < -0.39 is 5.97 Å². The molecule has 3 rings (SSSR count). The van der Waals surface area contributed by atoms with Crippen molar-refractivity contribution in [3.63, 3.8) is 0 Å². The standard InChI is InChI=1S/C21H27N3O3S/c1-3-15-9-7-8-12-17(15)23-21(26)24(16-10-5-4-6-11-16)13-19-22-18(14-28-19)20(25)27-2/h7-9,12,14,16H,3-6,10-11,13H2,1-2H3,(H,23,26). The van der Waals surface area contributed by atoms with E-state index in [2.05, 4.69) is 17.2 Å². The zero-order valence-electron chi connectivity index (χ0n) is 16.4. The number of hydrogen-bond donors (Lipinski definition) is 1. The molecule has 6 nitrogen and oxygen atoms in total. The van der Waals surface area contributed by atoms with Crippen molar-refractivity contribution in [1.29, 1.82) is 0 Å². The smallest absolute Gasteiger partial charge is 0.357 e. The van der Waals surface area contributed by atoms with Crippen LogP contribution in [0.2, 0.25) is 0 Å². The fourth-order valence-electron chi connectivity index (χ4n) is 3.62. The van der Waals surface area contributed by atoms with E-state index in [0.717, 1.165) is 48.4 Å². The number of aromatic nitrogens is 1. The van der Waals surface area contributed by atoms with E-state index in [1.165, 1.54) is 24.9 Å². The van der Waals surface area contributed by atoms with Crippen LogP contribution in [0.25, 0.3) is 0 Å². The van der Waals surface area contributed by atoms with E-state index in [9.17, 15) is 9.59 Å². The second kappa shape index (κ2) is 9.68. The fourth-order valence-corrected chi connectivity index (χ4v) is 4.39. The van der Waals surface area contributed by atoms with Crippen molar-refractivity contribution in [3.05, 3.63) is 45.9 Å². The Morgan fingerprint density at radius 1 is 1.25 bits per heavy atom. The van der Waals surface area contributed by atoms with Crippen molar-refractivity contribution >= 4 is 29.0 Å². The molecular formula is C21H27N3O3S. The van der Waals surface area contributed by atoms with Gasteiger partial charge in [-0.25, -0.2) is 14.6 Å². The lowest BCUT2D eigenvalue weighted by Crippen LogP contribution is -2.43. The summed E-state index contributed by atoms with van der Waals surface area (Å²) in [5.41, 5.74) is 2.26. The molecule has 0 unspecified atom stereocenters. The minimum absolute atomic E-state index is 0.109. The zero-order chi connectivity index (χ0) is 19.9. The highest BCUT2D eigenvalue weighted by Crippen LogP contribution is 2.26. The van der Waals surface area contributed by atoms with Crippen LogP contribution in [0.5, 0.6) is 0 Å². The highest BCUT2D eigenvalue weighted by molar-refractivity contribution is 7.09. The van der Waals surface area contributed by atoms with E-state index in [-0.39, 0.29) is 12.1 Å². The third-order valence-electron chi connectivity index (χ3n) is 5.17. The van der Waals surface area contributed by atoms with Gasteiger partial charge in [0.1, 0.15) is 5.01 Å². The first-order valence-electron chi connectivity index (χ1n) is 9.80. The van der Waals surface area contributed by atoms with Gasteiger partial charge in [-0.05, 0) is 30.9 Å². The largest absolute Gasteiger partial charge is 0.464 e. The average molecular weight is 402 g/mol. The number of rotatable bonds is 6. The van der Waals surface area contributed by atoms with Crippen LogP contribution in [0.3, 0.4) is 0 Å². The van der Waals surface area contributed by atoms with E-state index in [4.69, 9.17) is 4.74 Å². The summed E-state index contributed by atoms with van der Waals surface area (Å²) >= 11 is 1.38. The van der Waals surface area contributed by atoms with Gasteiger partial charge in [0.05, 0.1) is 13.7 Å². The van der Waals surface area contributed by atoms with Gasteiger partial charge in [0.2, 0.25) is 0 Å². The molecule has 28 heavy (non-hydrogen) atoms. The summed E-state index contributed by atoms with van der Waals surface area (Å²) in [4.78, 5) is 31.1. The Morgan fingerprint density at radius 3 is 2.71 bits per heavy atom. The van der Waals surface area contributed by atoms with E-state index >= 15 is 0 Å². The van der Waals surface area contributed by atoms with Gasteiger partial charge in [-0.3, -0.25) is 0 Å². The number of para-hydroxylation sites is 1. The van der Waals surface area contributed by atoms with Crippen molar-refractivity contribution < 1.29 is 14.3 Å². The topological polar surface area (TPSA) is 71.5 Å². The number of ether oxygens (including phenoxy) is 1. The molecule has 0 atom stereocenters. The summed E-state index contributed by atoms with van der Waals surface area (Å²) in [6, 6.07) is 7.97. The number of nitrogens with zero attached hydrogens (tertiary/aromatic N) is 2. The SMILES string of the molecule is CCc1ccccc1NC(=O)N(Cc1nc(C(=O)OC)cs1)C1CCCCC1. The number of aryl methyl sites for hydroxylation is 1. The molecule has 0 aliphatic heterocycles. The third kappa shape index (κ3) is 4.90. The van der Waals surface area contributed by atoms with Crippen LogP contribution >= 0.6 is 11.3 Å². The van der Waals surface area contributed by atoms with Crippen LogP contribution in [0.4, 0.5) is 10.5 Å². The number of carbonyl (C=O) groups excluding carboxylic acids is 2. The molecule has 7 heteroatoms. The first-order chi connectivity index (χ1) is 13.6. The van der Waals surface area contributed by atoms with E-state index in [0.29, 0.717) is 12.2 Å². The Balaban J connectivity index is 1.79. The molecular weight excluding hydrogens is 374 g/mol. The Kier molecular flexibility index (Phi) is 7.03. The Morgan fingerprint density at radius 2 is 2.00 bits per heavy atom. The molecule has 1 N–H and O–H groups in total. The van der Waals surface area contributed by atoms with Crippen molar-refractivity contribution in [3.8, 4) is 0 Å². The highest BCUT2D eigenvalue weighted by Gasteiger charge is 2.27. The molecule has 0 radical (unpaired) electrons. The first kappa shape index (κ1) is 20.3. The summed E-state index contributed by atoms with van der Waals surface area (Å²) in [7, 11) is 1.34. The van der Waals surface area contributed by atoms with E-state index in [1.54, 1.807) is 5.38 Å². The summed E-state index contributed by atoms with van der Waals surface area (Å²) in [6.45, 7) is 2.47. The molecule has 1 aromatic carbocycles. The second-order valence-electron chi connectivity index (χ2n) is 6.98. The number of anilines is 1. The van der Waals surface area contributed by atoms with Gasteiger partial charge in [0.15, 0.2) is 5.69 Å². The maximum Gasteiger partial charge on any atom is 0.357 e. The third-order valence-corrected chi connectivity index (χ3v) is 6.00. The quantitative estimate of drug-likeness (QED) is 0.702. The summed E-state index contributed by atoms with van der Waals surface area (Å²) < 4.78 is 4.74. The molecule has 1 fully saturated rings. The van der Waals surface area contributed by atoms with Crippen LogP contribution in [-0.2, 0) is 17.7 Å². The van der Waals surface area contributed by atoms with Gasteiger partial charge in [0.25, 0.3) is 0 Å². The number of thiazole rings is 1. The maximum absolute atomic E-state index is 13.2. The van der Waals surface area contributed by atoms with Crippen LogP contribution in [0, 0.1) is 0 Å². The van der Waals surface area contributed by atoms with Crippen LogP contribution in [0.15, 0.2) is 29.6 Å². The van der Waals surface area contributed by atoms with Gasteiger partial charge in [0, 0.05) is 17.1 Å². The normalized spacial score (nSPS) is 14.5. The number of urea groups is 1. The van der Waals surface area contributed by atoms with Crippen molar-refractivity contribution in [1.82, 2.24) is 9.88 Å². The van der Waals surface area contributed by atoms with Crippen LogP contribution in [-0.4, -0.2) is 35.0 Å². The van der Waals surface area contributed by atoms with Gasteiger partial charge in [-0.15, -0.1) is 11.3 Å². The van der Waals surface area contributed by atoms with Crippen molar-refractivity contribution in [2.45, 2.75) is 58.0 Å². The number of carbonyl (C=O) groups is 2. The van der Waals surface area contributed by atoms with Gasteiger partial charge in [-0.1, -0.05) is 44.4 Å². The van der Waals surface area contributed by atoms with Crippen molar-refractivity contribution in [2.24, 2.45) is 0 Å². The van der Waals surface area contributed by atoms with Crippen LogP contribution in [0.1, 0.15) is 60.1 Å². The minimum Gasteiger partial charge on any atom is -0.464 e. The lowest BCUT2D eigenvalue weighted by Gasteiger charge is -2.34. The van der Waals surface area contributed by atoms with E-state index in [1.807, 2.05) is 29.2 Å². The van der Waals surface area contributed by atoms with Crippen LogP contribution < -0.4 is 5.32 Å². The summed E-state index contributed by atoms with van der Waals surface area (Å²) in [5, 5.41) is 5.52. The lowest BCUT2D eigenvalue weighted by molar-refractivity contribution is 0.0594. The molecule has 1 aliphatic carbocycles. The molecule has 1 aliphatic rings. The molecule has 0 spiro atoms. The minimum atomic E-state index is -0.451. The molecule has 0 bridgehead atoms. The summed E-state index contributed by atoms with van der Waals surface area (Å²) in [6.07, 6.45) is 6.33. The summed E-state index contributed by atoms with van der Waals surface area (Å²) in [5.74, 6) is -0.451. The molecule has 0 saturated heterocycles. The lowest BCUT2D eigenvalue weighted by atomic mass is 9.94. The average Bonchev–Trinajstić information content (AvgIpc) is 3.21. The fraction of sp³-hybridized carbons (Fsp3) is 0.476.